The van der Waals surface area contributed by atoms with E-state index in [0.717, 1.165) is 24.9 Å². The van der Waals surface area contributed by atoms with Crippen LogP contribution in [0.3, 0.4) is 0 Å². The molecule has 0 spiro atoms. The molecule has 86 valence electrons. The van der Waals surface area contributed by atoms with Crippen LogP contribution in [-0.4, -0.2) is 6.54 Å². The molecule has 0 fully saturated rings. The molecule has 2 nitrogen and oxygen atoms in total. The third-order valence-corrected chi connectivity index (χ3v) is 2.96. The van der Waals surface area contributed by atoms with Crippen LogP contribution in [0.5, 0.6) is 0 Å². The van der Waals surface area contributed by atoms with Crippen molar-refractivity contribution in [3.63, 3.8) is 0 Å². The summed E-state index contributed by atoms with van der Waals surface area (Å²) in [5, 5.41) is 13.0. The molecular weight excluding hydrogens is 243 g/mol. The largest absolute Gasteiger partial charge is 0.313 e. The van der Waals surface area contributed by atoms with Crippen molar-refractivity contribution in [2.45, 2.75) is 25.8 Å². The number of halogens is 2. The van der Waals surface area contributed by atoms with Crippen LogP contribution in [0.2, 0.25) is 10.0 Å². The lowest BCUT2D eigenvalue weighted by Crippen LogP contribution is -2.15. The van der Waals surface area contributed by atoms with Crippen LogP contribution in [0.4, 0.5) is 0 Å². The summed E-state index contributed by atoms with van der Waals surface area (Å²) < 4.78 is 0. The van der Waals surface area contributed by atoms with Gasteiger partial charge in [0.25, 0.3) is 0 Å². The quantitative estimate of drug-likeness (QED) is 0.787. The van der Waals surface area contributed by atoms with Gasteiger partial charge in [0.2, 0.25) is 0 Å². The van der Waals surface area contributed by atoms with E-state index in [1.54, 1.807) is 0 Å². The van der Waals surface area contributed by atoms with Crippen molar-refractivity contribution >= 4 is 23.2 Å². The zero-order valence-corrected chi connectivity index (χ0v) is 10.5. The van der Waals surface area contributed by atoms with Crippen molar-refractivity contribution in [3.05, 3.63) is 33.8 Å². The minimum Gasteiger partial charge on any atom is -0.313 e. The van der Waals surface area contributed by atoms with Crippen LogP contribution in [0.15, 0.2) is 18.2 Å². The van der Waals surface area contributed by atoms with Crippen molar-refractivity contribution in [3.8, 4) is 6.07 Å². The summed E-state index contributed by atoms with van der Waals surface area (Å²) in [5.74, 6) is 0. The number of unbranched alkanes of at least 4 members (excludes halogenated alkanes) is 2. The van der Waals surface area contributed by atoms with E-state index >= 15 is 0 Å². The lowest BCUT2D eigenvalue weighted by atomic mass is 10.2. The van der Waals surface area contributed by atoms with Crippen molar-refractivity contribution in [2.24, 2.45) is 0 Å². The van der Waals surface area contributed by atoms with Gasteiger partial charge in [-0.15, -0.1) is 0 Å². The smallest absolute Gasteiger partial charge is 0.0621 e. The van der Waals surface area contributed by atoms with Gasteiger partial charge in [0, 0.05) is 28.6 Å². The van der Waals surface area contributed by atoms with Crippen molar-refractivity contribution in [1.82, 2.24) is 5.32 Å². The SMILES string of the molecule is N#CCCCCNCc1c(Cl)cccc1Cl. The lowest BCUT2D eigenvalue weighted by molar-refractivity contribution is 0.629. The van der Waals surface area contributed by atoms with E-state index in [1.165, 1.54) is 0 Å². The molecule has 0 atom stereocenters. The van der Waals surface area contributed by atoms with E-state index in [2.05, 4.69) is 11.4 Å². The number of benzene rings is 1. The highest BCUT2D eigenvalue weighted by Gasteiger charge is 2.03. The fourth-order valence-electron chi connectivity index (χ4n) is 1.37. The summed E-state index contributed by atoms with van der Waals surface area (Å²) in [6.07, 6.45) is 2.55. The van der Waals surface area contributed by atoms with E-state index in [1.807, 2.05) is 18.2 Å². The minimum absolute atomic E-state index is 0.620. The number of rotatable bonds is 6. The molecule has 1 aromatic rings. The predicted molar refractivity (Wildman–Crippen MR) is 67.6 cm³/mol. The molecule has 0 amide bonds. The topological polar surface area (TPSA) is 35.8 Å². The first-order valence-corrected chi connectivity index (χ1v) is 6.02. The highest BCUT2D eigenvalue weighted by Crippen LogP contribution is 2.23. The Morgan fingerprint density at radius 1 is 1.19 bits per heavy atom. The van der Waals surface area contributed by atoms with Crippen LogP contribution in [0.1, 0.15) is 24.8 Å². The minimum atomic E-state index is 0.620. The molecule has 0 saturated heterocycles. The summed E-state index contributed by atoms with van der Waals surface area (Å²) in [5.41, 5.74) is 0.936. The molecule has 0 aliphatic rings. The molecule has 1 aromatic carbocycles. The van der Waals surface area contributed by atoms with Gasteiger partial charge < -0.3 is 5.32 Å². The van der Waals surface area contributed by atoms with E-state index in [9.17, 15) is 0 Å². The molecule has 4 heteroatoms. The Bertz CT molecular complexity index is 352. The van der Waals surface area contributed by atoms with Crippen LogP contribution in [-0.2, 0) is 6.54 Å². The van der Waals surface area contributed by atoms with E-state index < -0.39 is 0 Å². The van der Waals surface area contributed by atoms with Gasteiger partial charge in [-0.1, -0.05) is 29.3 Å². The van der Waals surface area contributed by atoms with Gasteiger partial charge in [-0.3, -0.25) is 0 Å². The third kappa shape index (κ3) is 4.40. The van der Waals surface area contributed by atoms with Crippen LogP contribution in [0.25, 0.3) is 0 Å². The Balaban J connectivity index is 2.30. The average Bonchev–Trinajstić information content (AvgIpc) is 2.26. The summed E-state index contributed by atoms with van der Waals surface area (Å²) >= 11 is 12.0. The van der Waals surface area contributed by atoms with Crippen molar-refractivity contribution in [1.29, 1.82) is 5.26 Å². The Hall–Kier alpha value is -0.750. The van der Waals surface area contributed by atoms with Crippen molar-refractivity contribution < 1.29 is 0 Å². The zero-order valence-electron chi connectivity index (χ0n) is 8.97. The molecule has 0 aliphatic carbocycles. The molecule has 0 unspecified atom stereocenters. The summed E-state index contributed by atoms with van der Waals surface area (Å²) in [4.78, 5) is 0. The maximum absolute atomic E-state index is 8.37. The fourth-order valence-corrected chi connectivity index (χ4v) is 1.90. The molecule has 16 heavy (non-hydrogen) atoms. The maximum Gasteiger partial charge on any atom is 0.0621 e. The highest BCUT2D eigenvalue weighted by atomic mass is 35.5. The summed E-state index contributed by atoms with van der Waals surface area (Å²) in [6.45, 7) is 1.55. The molecule has 1 rings (SSSR count). The van der Waals surface area contributed by atoms with Gasteiger partial charge in [0.05, 0.1) is 6.07 Å². The zero-order chi connectivity index (χ0) is 11.8. The van der Waals surface area contributed by atoms with Gasteiger partial charge in [-0.2, -0.15) is 5.26 Å². The first kappa shape index (κ1) is 13.3. The predicted octanol–water partition coefficient (Wildman–Crippen LogP) is 3.78. The first-order valence-electron chi connectivity index (χ1n) is 5.26. The average molecular weight is 257 g/mol. The second kappa shape index (κ2) is 7.51. The standard InChI is InChI=1S/C12H14Cl2N2/c13-11-5-4-6-12(14)10(11)9-16-8-3-1-2-7-15/h4-6,16H,1-3,8-9H2. The molecule has 0 aliphatic heterocycles. The maximum atomic E-state index is 8.37. The Kier molecular flexibility index (Phi) is 6.25. The van der Waals surface area contributed by atoms with Gasteiger partial charge in [-0.25, -0.2) is 0 Å². The molecule has 0 saturated carbocycles. The monoisotopic (exact) mass is 256 g/mol. The molecular formula is C12H14Cl2N2. The second-order valence-corrected chi connectivity index (χ2v) is 4.31. The number of nitriles is 1. The van der Waals surface area contributed by atoms with Crippen molar-refractivity contribution in [2.75, 3.05) is 6.54 Å². The summed E-state index contributed by atoms with van der Waals surface area (Å²) in [6, 6.07) is 7.63. The molecule has 0 aromatic heterocycles. The fraction of sp³-hybridized carbons (Fsp3) is 0.417. The van der Waals surface area contributed by atoms with E-state index in [4.69, 9.17) is 28.5 Å². The molecule has 0 radical (unpaired) electrons. The number of nitrogens with one attached hydrogen (secondary N) is 1. The van der Waals surface area contributed by atoms with Crippen LogP contribution in [0, 0.1) is 11.3 Å². The highest BCUT2D eigenvalue weighted by molar-refractivity contribution is 6.35. The number of nitrogens with zero attached hydrogens (tertiary/aromatic N) is 1. The van der Waals surface area contributed by atoms with Gasteiger partial charge in [-0.05, 0) is 31.5 Å². The Morgan fingerprint density at radius 2 is 1.88 bits per heavy atom. The third-order valence-electron chi connectivity index (χ3n) is 2.26. The molecule has 1 N–H and O–H groups in total. The Labute approximate surface area is 106 Å². The second-order valence-electron chi connectivity index (χ2n) is 3.49. The Morgan fingerprint density at radius 3 is 2.50 bits per heavy atom. The summed E-state index contributed by atoms with van der Waals surface area (Å²) in [7, 11) is 0. The number of hydrogen-bond donors (Lipinski definition) is 1. The van der Waals surface area contributed by atoms with Gasteiger partial charge in [0.15, 0.2) is 0 Å². The van der Waals surface area contributed by atoms with Gasteiger partial charge >= 0.3 is 0 Å². The number of hydrogen-bond acceptors (Lipinski definition) is 2. The van der Waals surface area contributed by atoms with Crippen LogP contribution >= 0.6 is 23.2 Å². The van der Waals surface area contributed by atoms with E-state index in [-0.39, 0.29) is 0 Å². The first-order chi connectivity index (χ1) is 7.75. The van der Waals surface area contributed by atoms with Gasteiger partial charge in [0.1, 0.15) is 0 Å². The molecule has 0 bridgehead atoms. The van der Waals surface area contributed by atoms with Crippen LogP contribution < -0.4 is 5.32 Å². The molecule has 0 heterocycles. The lowest BCUT2D eigenvalue weighted by Gasteiger charge is -2.08. The van der Waals surface area contributed by atoms with E-state index in [0.29, 0.717) is 23.0 Å². The normalized spacial score (nSPS) is 10.1.